The highest BCUT2D eigenvalue weighted by atomic mass is 16.5. The fraction of sp³-hybridized carbons (Fsp3) is 0.160. The molecule has 0 atom stereocenters. The van der Waals surface area contributed by atoms with Crippen molar-refractivity contribution in [2.24, 2.45) is 0 Å². The number of ether oxygens (including phenoxy) is 1. The number of morpholine rings is 1. The second kappa shape index (κ2) is 8.16. The maximum Gasteiger partial charge on any atom is 0.336 e. The minimum absolute atomic E-state index is 0.246. The summed E-state index contributed by atoms with van der Waals surface area (Å²) in [4.78, 5) is 23.5. The molecule has 0 saturated carbocycles. The van der Waals surface area contributed by atoms with Gasteiger partial charge in [0.1, 0.15) is 5.82 Å². The van der Waals surface area contributed by atoms with Crippen LogP contribution in [0.4, 0.5) is 5.82 Å². The quantitative estimate of drug-likeness (QED) is 0.533. The van der Waals surface area contributed by atoms with Gasteiger partial charge >= 0.3 is 5.97 Å². The van der Waals surface area contributed by atoms with Crippen molar-refractivity contribution in [1.82, 2.24) is 9.97 Å². The van der Waals surface area contributed by atoms with Gasteiger partial charge in [-0.15, -0.1) is 0 Å². The van der Waals surface area contributed by atoms with Gasteiger partial charge in [-0.25, -0.2) is 14.8 Å². The van der Waals surface area contributed by atoms with Crippen LogP contribution in [0.15, 0.2) is 60.7 Å². The number of pyridine rings is 2. The van der Waals surface area contributed by atoms with Crippen molar-refractivity contribution >= 4 is 45.7 Å². The van der Waals surface area contributed by atoms with Crippen molar-refractivity contribution in [1.29, 1.82) is 0 Å². The van der Waals surface area contributed by atoms with Crippen LogP contribution in [-0.2, 0) is 4.74 Å². The summed E-state index contributed by atoms with van der Waals surface area (Å²) in [6, 6.07) is 19.1. The smallest absolute Gasteiger partial charge is 0.336 e. The number of benzene rings is 2. The molecule has 1 aliphatic heterocycles. The summed E-state index contributed by atoms with van der Waals surface area (Å²) in [5, 5.41) is 11.3. The van der Waals surface area contributed by atoms with Crippen LogP contribution in [-0.4, -0.2) is 47.3 Å². The normalized spacial score (nSPS) is 14.5. The first-order valence-electron chi connectivity index (χ1n) is 10.2. The van der Waals surface area contributed by atoms with E-state index in [1.807, 2.05) is 54.6 Å². The van der Waals surface area contributed by atoms with Crippen LogP contribution in [0.3, 0.4) is 0 Å². The Bertz CT molecular complexity index is 1310. The van der Waals surface area contributed by atoms with Crippen molar-refractivity contribution < 1.29 is 14.6 Å². The summed E-state index contributed by atoms with van der Waals surface area (Å²) in [6.07, 6.45) is 3.82. The van der Waals surface area contributed by atoms with Gasteiger partial charge in [-0.05, 0) is 36.4 Å². The molecule has 0 bridgehead atoms. The molecule has 2 aromatic carbocycles. The summed E-state index contributed by atoms with van der Waals surface area (Å²) in [6.45, 7) is 2.91. The molecular formula is C25H21N3O3. The molecule has 0 spiro atoms. The standard InChI is InChI=1S/C25H21N3O3/c29-25(30)21-16-19(26-23-8-4-2-6-20(21)23)10-9-18-15-17-5-1-3-7-22(17)27-24(18)28-11-13-31-14-12-28/h1-10,15-16H,11-14H2,(H,29,30). The van der Waals surface area contributed by atoms with Gasteiger partial charge in [0.05, 0.1) is 35.5 Å². The molecule has 0 amide bonds. The molecule has 1 N–H and O–H groups in total. The Morgan fingerprint density at radius 1 is 0.935 bits per heavy atom. The number of aromatic carboxylic acids is 1. The molecule has 6 heteroatoms. The largest absolute Gasteiger partial charge is 0.478 e. The lowest BCUT2D eigenvalue weighted by Crippen LogP contribution is -2.37. The number of carboxylic acids is 1. The number of carbonyl (C=O) groups is 1. The monoisotopic (exact) mass is 411 g/mol. The molecule has 154 valence electrons. The topological polar surface area (TPSA) is 75.5 Å². The number of hydrogen-bond acceptors (Lipinski definition) is 5. The fourth-order valence-corrected chi connectivity index (χ4v) is 3.91. The second-order valence-corrected chi connectivity index (χ2v) is 7.44. The first-order chi connectivity index (χ1) is 15.2. The Labute approximate surface area is 179 Å². The first-order valence-corrected chi connectivity index (χ1v) is 10.2. The van der Waals surface area contributed by atoms with Gasteiger partial charge in [-0.2, -0.15) is 0 Å². The Balaban J connectivity index is 1.60. The van der Waals surface area contributed by atoms with Crippen molar-refractivity contribution in [3.05, 3.63) is 77.5 Å². The van der Waals surface area contributed by atoms with E-state index in [0.717, 1.165) is 35.4 Å². The SMILES string of the molecule is O=C(O)c1cc(C=Cc2cc3ccccc3nc2N2CCOCC2)nc2ccccc12. The Kier molecular flexibility index (Phi) is 5.06. The minimum atomic E-state index is -0.963. The van der Waals surface area contributed by atoms with E-state index in [1.54, 1.807) is 12.1 Å². The van der Waals surface area contributed by atoms with Crippen molar-refractivity contribution in [3.63, 3.8) is 0 Å². The molecular weight excluding hydrogens is 390 g/mol. The average Bonchev–Trinajstić information content (AvgIpc) is 2.82. The number of para-hydroxylation sites is 2. The number of nitrogens with zero attached hydrogens (tertiary/aromatic N) is 3. The highest BCUT2D eigenvalue weighted by Gasteiger charge is 2.16. The van der Waals surface area contributed by atoms with Crippen LogP contribution in [0.2, 0.25) is 0 Å². The fourth-order valence-electron chi connectivity index (χ4n) is 3.91. The molecule has 0 radical (unpaired) electrons. The van der Waals surface area contributed by atoms with Gasteiger partial charge < -0.3 is 14.7 Å². The van der Waals surface area contributed by atoms with E-state index in [2.05, 4.69) is 16.0 Å². The van der Waals surface area contributed by atoms with Crippen LogP contribution in [0.5, 0.6) is 0 Å². The van der Waals surface area contributed by atoms with Crippen molar-refractivity contribution in [2.75, 3.05) is 31.2 Å². The molecule has 1 aliphatic rings. The third-order valence-electron chi connectivity index (χ3n) is 5.44. The number of fused-ring (bicyclic) bond motifs is 2. The number of anilines is 1. The minimum Gasteiger partial charge on any atom is -0.478 e. The molecule has 5 rings (SSSR count). The summed E-state index contributed by atoms with van der Waals surface area (Å²) in [7, 11) is 0. The third kappa shape index (κ3) is 3.85. The summed E-state index contributed by atoms with van der Waals surface area (Å²) < 4.78 is 5.50. The lowest BCUT2D eigenvalue weighted by molar-refractivity contribution is 0.0699. The Morgan fingerprint density at radius 3 is 2.48 bits per heavy atom. The number of rotatable bonds is 4. The summed E-state index contributed by atoms with van der Waals surface area (Å²) >= 11 is 0. The van der Waals surface area contributed by atoms with Gasteiger partial charge in [0.15, 0.2) is 0 Å². The Hall–Kier alpha value is -3.77. The summed E-state index contributed by atoms with van der Waals surface area (Å²) in [5.41, 5.74) is 3.41. The van der Waals surface area contributed by atoms with E-state index in [1.165, 1.54) is 0 Å². The van der Waals surface area contributed by atoms with Crippen LogP contribution in [0.25, 0.3) is 34.0 Å². The van der Waals surface area contributed by atoms with Gasteiger partial charge in [-0.3, -0.25) is 0 Å². The first kappa shape index (κ1) is 19.2. The van der Waals surface area contributed by atoms with E-state index in [-0.39, 0.29) is 5.56 Å². The van der Waals surface area contributed by atoms with Crippen LogP contribution in [0.1, 0.15) is 21.6 Å². The number of hydrogen-bond donors (Lipinski definition) is 1. The lowest BCUT2D eigenvalue weighted by Gasteiger charge is -2.29. The molecule has 31 heavy (non-hydrogen) atoms. The van der Waals surface area contributed by atoms with E-state index in [9.17, 15) is 9.90 Å². The van der Waals surface area contributed by atoms with E-state index < -0.39 is 5.97 Å². The highest BCUT2D eigenvalue weighted by Crippen LogP contribution is 2.27. The molecule has 1 fully saturated rings. The molecule has 0 unspecified atom stereocenters. The zero-order valence-corrected chi connectivity index (χ0v) is 16.9. The zero-order chi connectivity index (χ0) is 21.2. The van der Waals surface area contributed by atoms with Crippen LogP contribution in [0, 0.1) is 0 Å². The third-order valence-corrected chi connectivity index (χ3v) is 5.44. The maximum atomic E-state index is 11.8. The van der Waals surface area contributed by atoms with Gasteiger partial charge in [0.2, 0.25) is 0 Å². The molecule has 6 nitrogen and oxygen atoms in total. The van der Waals surface area contributed by atoms with Crippen LogP contribution < -0.4 is 4.90 Å². The Morgan fingerprint density at radius 2 is 1.68 bits per heavy atom. The number of aromatic nitrogens is 2. The second-order valence-electron chi connectivity index (χ2n) is 7.44. The van der Waals surface area contributed by atoms with E-state index in [0.29, 0.717) is 29.8 Å². The average molecular weight is 411 g/mol. The summed E-state index contributed by atoms with van der Waals surface area (Å²) in [5.74, 6) is -0.0628. The molecule has 2 aromatic heterocycles. The predicted molar refractivity (Wildman–Crippen MR) is 122 cm³/mol. The van der Waals surface area contributed by atoms with Gasteiger partial charge in [-0.1, -0.05) is 36.4 Å². The van der Waals surface area contributed by atoms with E-state index >= 15 is 0 Å². The molecule has 1 saturated heterocycles. The van der Waals surface area contributed by atoms with Gasteiger partial charge in [0.25, 0.3) is 0 Å². The lowest BCUT2D eigenvalue weighted by atomic mass is 10.1. The molecule has 4 aromatic rings. The number of carboxylic acid groups (broad SMARTS) is 1. The predicted octanol–water partition coefficient (Wildman–Crippen LogP) is 4.49. The van der Waals surface area contributed by atoms with Crippen molar-refractivity contribution in [3.8, 4) is 0 Å². The molecule has 3 heterocycles. The zero-order valence-electron chi connectivity index (χ0n) is 16.9. The van der Waals surface area contributed by atoms with Gasteiger partial charge in [0, 0.05) is 29.4 Å². The van der Waals surface area contributed by atoms with E-state index in [4.69, 9.17) is 9.72 Å². The van der Waals surface area contributed by atoms with Crippen molar-refractivity contribution in [2.45, 2.75) is 0 Å². The highest BCUT2D eigenvalue weighted by molar-refractivity contribution is 6.03. The maximum absolute atomic E-state index is 11.8. The molecule has 0 aliphatic carbocycles. The van der Waals surface area contributed by atoms with Crippen LogP contribution >= 0.6 is 0 Å².